The first-order valence-corrected chi connectivity index (χ1v) is 8.40. The molecule has 2 aromatic rings. The van der Waals surface area contributed by atoms with Gasteiger partial charge in [-0.25, -0.2) is 0 Å². The van der Waals surface area contributed by atoms with Crippen molar-refractivity contribution in [2.45, 2.75) is 12.6 Å². The molecule has 3 heterocycles. The Balaban J connectivity index is 1.42. The molecule has 2 N–H and O–H groups in total. The number of aliphatic hydroxyl groups excluding tert-OH is 1. The second-order valence-electron chi connectivity index (χ2n) is 6.41. The molecule has 0 spiro atoms. The van der Waals surface area contributed by atoms with Crippen LogP contribution in [-0.2, 0) is 6.54 Å². The number of fused-ring (bicyclic) bond motifs is 1. The smallest absolute Gasteiger partial charge is 0.270 e. The second-order valence-corrected chi connectivity index (χ2v) is 6.41. The van der Waals surface area contributed by atoms with Crippen LogP contribution in [0.1, 0.15) is 16.1 Å². The minimum absolute atomic E-state index is 0.0750. The molecule has 4 rings (SSSR count). The number of nitrogens with zero attached hydrogens (tertiary/aromatic N) is 2. The average Bonchev–Trinajstić information content (AvgIpc) is 3.25. The minimum atomic E-state index is -0.574. The van der Waals surface area contributed by atoms with E-state index < -0.39 is 6.10 Å². The summed E-state index contributed by atoms with van der Waals surface area (Å²) in [5.41, 5.74) is 1.65. The average molecular weight is 343 g/mol. The highest BCUT2D eigenvalue weighted by Gasteiger charge is 2.26. The van der Waals surface area contributed by atoms with Gasteiger partial charge in [0, 0.05) is 38.9 Å². The molecule has 1 amide bonds. The van der Waals surface area contributed by atoms with Gasteiger partial charge in [-0.15, -0.1) is 0 Å². The lowest BCUT2D eigenvalue weighted by Crippen LogP contribution is -2.37. The third-order valence-electron chi connectivity index (χ3n) is 4.54. The number of aromatic amines is 1. The van der Waals surface area contributed by atoms with E-state index in [1.165, 1.54) is 0 Å². The van der Waals surface area contributed by atoms with Crippen LogP contribution in [0.2, 0.25) is 0 Å². The Morgan fingerprint density at radius 2 is 2.08 bits per heavy atom. The normalized spacial score (nSPS) is 20.5. The zero-order valence-corrected chi connectivity index (χ0v) is 13.9. The topological polar surface area (TPSA) is 78.0 Å². The summed E-state index contributed by atoms with van der Waals surface area (Å²) in [6, 6.07) is 9.44. The molecule has 1 fully saturated rings. The number of hydrogen-bond acceptors (Lipinski definition) is 5. The molecule has 0 radical (unpaired) electrons. The zero-order chi connectivity index (χ0) is 17.2. The number of amides is 1. The summed E-state index contributed by atoms with van der Waals surface area (Å²) in [6.07, 6.45) is 1.16. The summed E-state index contributed by atoms with van der Waals surface area (Å²) in [6.45, 7) is 3.12. The van der Waals surface area contributed by atoms with Crippen LogP contribution in [0, 0.1) is 0 Å². The van der Waals surface area contributed by atoms with Crippen molar-refractivity contribution in [1.82, 2.24) is 14.8 Å². The highest BCUT2D eigenvalue weighted by atomic mass is 16.7. The van der Waals surface area contributed by atoms with Crippen LogP contribution >= 0.6 is 0 Å². The molecule has 7 heteroatoms. The Labute approximate surface area is 145 Å². The standard InChI is InChI=1S/C18H21N3O4/c22-14-10-20(9-13-3-4-16-17(8-13)25-12-24-16)6-7-21(11-14)18(23)15-2-1-5-19-15/h1-5,8,14,19,22H,6-7,9-12H2/t14-/m0/s1. The summed E-state index contributed by atoms with van der Waals surface area (Å²) in [4.78, 5) is 19.3. The summed E-state index contributed by atoms with van der Waals surface area (Å²) in [7, 11) is 0. The molecule has 0 bridgehead atoms. The third-order valence-corrected chi connectivity index (χ3v) is 4.54. The first-order valence-electron chi connectivity index (χ1n) is 8.40. The molecule has 1 aromatic heterocycles. The number of rotatable bonds is 3. The van der Waals surface area contributed by atoms with E-state index in [1.54, 1.807) is 23.2 Å². The first kappa shape index (κ1) is 16.0. The van der Waals surface area contributed by atoms with E-state index in [2.05, 4.69) is 9.88 Å². The number of H-pyrrole nitrogens is 1. The fourth-order valence-electron chi connectivity index (χ4n) is 3.31. The van der Waals surface area contributed by atoms with Crippen molar-refractivity contribution in [2.24, 2.45) is 0 Å². The Morgan fingerprint density at radius 1 is 1.20 bits per heavy atom. The van der Waals surface area contributed by atoms with Gasteiger partial charge in [0.1, 0.15) is 5.69 Å². The van der Waals surface area contributed by atoms with Crippen LogP contribution in [0.3, 0.4) is 0 Å². The van der Waals surface area contributed by atoms with E-state index in [0.717, 1.165) is 17.1 Å². The van der Waals surface area contributed by atoms with Gasteiger partial charge in [-0.05, 0) is 29.8 Å². The van der Waals surface area contributed by atoms with Crippen molar-refractivity contribution in [3.8, 4) is 11.5 Å². The summed E-state index contributed by atoms with van der Waals surface area (Å²) in [5, 5.41) is 10.3. The molecule has 132 valence electrons. The van der Waals surface area contributed by atoms with Crippen LogP contribution in [-0.4, -0.2) is 64.9 Å². The molecule has 0 saturated carbocycles. The first-order chi connectivity index (χ1) is 12.2. The van der Waals surface area contributed by atoms with Crippen molar-refractivity contribution in [2.75, 3.05) is 33.0 Å². The van der Waals surface area contributed by atoms with Gasteiger partial charge in [-0.1, -0.05) is 6.07 Å². The quantitative estimate of drug-likeness (QED) is 0.871. The van der Waals surface area contributed by atoms with E-state index >= 15 is 0 Å². The number of carbonyl (C=O) groups excluding carboxylic acids is 1. The van der Waals surface area contributed by atoms with E-state index in [-0.39, 0.29) is 12.7 Å². The van der Waals surface area contributed by atoms with Gasteiger partial charge < -0.3 is 24.5 Å². The molecule has 2 aliphatic rings. The summed E-state index contributed by atoms with van der Waals surface area (Å²) in [5.74, 6) is 1.45. The maximum Gasteiger partial charge on any atom is 0.270 e. The largest absolute Gasteiger partial charge is 0.454 e. The molecule has 2 aliphatic heterocycles. The fraction of sp³-hybridized carbons (Fsp3) is 0.389. The predicted octanol–water partition coefficient (Wildman–Crippen LogP) is 1.06. The highest BCUT2D eigenvalue weighted by Crippen LogP contribution is 2.32. The molecule has 1 atom stereocenters. The van der Waals surface area contributed by atoms with Gasteiger partial charge in [-0.2, -0.15) is 0 Å². The number of ether oxygens (including phenoxy) is 2. The Kier molecular flexibility index (Phi) is 4.33. The van der Waals surface area contributed by atoms with Crippen LogP contribution in [0.5, 0.6) is 11.5 Å². The van der Waals surface area contributed by atoms with Crippen LogP contribution < -0.4 is 9.47 Å². The number of hydrogen-bond donors (Lipinski definition) is 2. The van der Waals surface area contributed by atoms with E-state index in [0.29, 0.717) is 38.4 Å². The van der Waals surface area contributed by atoms with Gasteiger partial charge in [0.05, 0.1) is 6.10 Å². The fourth-order valence-corrected chi connectivity index (χ4v) is 3.31. The van der Waals surface area contributed by atoms with Crippen molar-refractivity contribution < 1.29 is 19.4 Å². The number of carbonyl (C=O) groups is 1. The zero-order valence-electron chi connectivity index (χ0n) is 13.9. The van der Waals surface area contributed by atoms with Crippen molar-refractivity contribution in [3.63, 3.8) is 0 Å². The molecule has 1 aromatic carbocycles. The SMILES string of the molecule is O=C(c1ccc[nH]1)N1CCN(Cc2ccc3c(c2)OCO3)C[C@H](O)C1. The lowest BCUT2D eigenvalue weighted by atomic mass is 10.2. The van der Waals surface area contributed by atoms with Crippen molar-refractivity contribution in [1.29, 1.82) is 0 Å². The predicted molar refractivity (Wildman–Crippen MR) is 90.5 cm³/mol. The molecule has 0 aliphatic carbocycles. The van der Waals surface area contributed by atoms with Crippen LogP contribution in [0.15, 0.2) is 36.5 Å². The van der Waals surface area contributed by atoms with Gasteiger partial charge in [0.25, 0.3) is 5.91 Å². The third kappa shape index (κ3) is 3.47. The number of benzene rings is 1. The highest BCUT2D eigenvalue weighted by molar-refractivity contribution is 5.92. The molecule has 0 unspecified atom stereocenters. The molecule has 7 nitrogen and oxygen atoms in total. The Morgan fingerprint density at radius 3 is 2.92 bits per heavy atom. The van der Waals surface area contributed by atoms with Gasteiger partial charge >= 0.3 is 0 Å². The second kappa shape index (κ2) is 6.78. The molecule has 1 saturated heterocycles. The van der Waals surface area contributed by atoms with Crippen molar-refractivity contribution >= 4 is 5.91 Å². The Bertz CT molecular complexity index is 747. The minimum Gasteiger partial charge on any atom is -0.454 e. The number of aromatic nitrogens is 1. The summed E-state index contributed by atoms with van der Waals surface area (Å²) >= 11 is 0. The summed E-state index contributed by atoms with van der Waals surface area (Å²) < 4.78 is 10.8. The van der Waals surface area contributed by atoms with Crippen LogP contribution in [0.25, 0.3) is 0 Å². The number of aliphatic hydroxyl groups is 1. The van der Waals surface area contributed by atoms with Gasteiger partial charge in [-0.3, -0.25) is 9.69 Å². The van der Waals surface area contributed by atoms with Gasteiger partial charge in [0.15, 0.2) is 11.5 Å². The van der Waals surface area contributed by atoms with Crippen LogP contribution in [0.4, 0.5) is 0 Å². The lowest BCUT2D eigenvalue weighted by molar-refractivity contribution is 0.0658. The monoisotopic (exact) mass is 343 g/mol. The van der Waals surface area contributed by atoms with E-state index in [4.69, 9.17) is 9.47 Å². The number of nitrogens with one attached hydrogen (secondary N) is 1. The molecule has 25 heavy (non-hydrogen) atoms. The number of β-amino-alcohol motifs (C(OH)–C–C–N with tert-alkyl or cyclic N) is 1. The molecular weight excluding hydrogens is 322 g/mol. The maximum atomic E-state index is 12.5. The lowest BCUT2D eigenvalue weighted by Gasteiger charge is -2.21. The maximum absolute atomic E-state index is 12.5. The van der Waals surface area contributed by atoms with Crippen molar-refractivity contribution in [3.05, 3.63) is 47.8 Å². The van der Waals surface area contributed by atoms with E-state index in [9.17, 15) is 9.90 Å². The van der Waals surface area contributed by atoms with E-state index in [1.807, 2.05) is 18.2 Å². The Hall–Kier alpha value is -2.51. The van der Waals surface area contributed by atoms with Gasteiger partial charge in [0.2, 0.25) is 6.79 Å². The molecular formula is C18H21N3O4.